The van der Waals surface area contributed by atoms with Gasteiger partial charge in [-0.15, -0.1) is 0 Å². The number of benzene rings is 1. The van der Waals surface area contributed by atoms with Gasteiger partial charge in [0, 0.05) is 12.5 Å². The molecule has 1 unspecified atom stereocenters. The summed E-state index contributed by atoms with van der Waals surface area (Å²) < 4.78 is 37.4. The van der Waals surface area contributed by atoms with Gasteiger partial charge in [0.2, 0.25) is 0 Å². The number of alkyl halides is 3. The molecule has 4 heteroatoms. The average molecular weight is 285 g/mol. The minimum absolute atomic E-state index is 0.0380. The van der Waals surface area contributed by atoms with Crippen molar-refractivity contribution >= 4 is 0 Å². The Balaban J connectivity index is 1.97. The van der Waals surface area contributed by atoms with Gasteiger partial charge in [0.25, 0.3) is 0 Å². The van der Waals surface area contributed by atoms with Crippen LogP contribution in [0.25, 0.3) is 0 Å². The van der Waals surface area contributed by atoms with Gasteiger partial charge < -0.3 is 5.32 Å². The summed E-state index contributed by atoms with van der Waals surface area (Å²) >= 11 is 0. The Bertz CT molecular complexity index is 403. The monoisotopic (exact) mass is 285 g/mol. The van der Waals surface area contributed by atoms with Crippen molar-refractivity contribution in [3.05, 3.63) is 35.4 Å². The minimum Gasteiger partial charge on any atom is -0.314 e. The SMILES string of the molecule is CCCNC(CCC(F)(F)F)C1Cc2ccccc2C1. The normalized spacial score (nSPS) is 17.2. The maximum Gasteiger partial charge on any atom is 0.389 e. The number of nitrogens with one attached hydrogen (secondary N) is 1. The van der Waals surface area contributed by atoms with Gasteiger partial charge in [-0.2, -0.15) is 13.2 Å². The standard InChI is InChI=1S/C16H22F3N/c1-2-9-20-15(7-8-16(17,18)19)14-10-12-5-3-4-6-13(12)11-14/h3-6,14-15,20H,2,7-11H2,1H3. The Hall–Kier alpha value is -1.03. The highest BCUT2D eigenvalue weighted by Gasteiger charge is 2.33. The fourth-order valence-electron chi connectivity index (χ4n) is 3.03. The second-order valence-corrected chi connectivity index (χ2v) is 5.65. The molecular weight excluding hydrogens is 263 g/mol. The van der Waals surface area contributed by atoms with E-state index in [1.807, 2.05) is 19.1 Å². The van der Waals surface area contributed by atoms with E-state index in [0.29, 0.717) is 5.92 Å². The fraction of sp³-hybridized carbons (Fsp3) is 0.625. The van der Waals surface area contributed by atoms with E-state index in [9.17, 15) is 13.2 Å². The second-order valence-electron chi connectivity index (χ2n) is 5.65. The van der Waals surface area contributed by atoms with E-state index >= 15 is 0 Å². The molecule has 0 saturated carbocycles. The van der Waals surface area contributed by atoms with Crippen LogP contribution < -0.4 is 5.32 Å². The van der Waals surface area contributed by atoms with Crippen LogP contribution in [0.5, 0.6) is 0 Å². The first kappa shape index (κ1) is 15.4. The number of hydrogen-bond donors (Lipinski definition) is 1. The van der Waals surface area contributed by atoms with Crippen LogP contribution in [0.1, 0.15) is 37.3 Å². The van der Waals surface area contributed by atoms with E-state index in [0.717, 1.165) is 25.8 Å². The number of halogens is 3. The molecule has 1 aliphatic carbocycles. The number of hydrogen-bond acceptors (Lipinski definition) is 1. The third kappa shape index (κ3) is 4.23. The first-order valence-corrected chi connectivity index (χ1v) is 7.36. The van der Waals surface area contributed by atoms with E-state index < -0.39 is 12.6 Å². The largest absolute Gasteiger partial charge is 0.389 e. The highest BCUT2D eigenvalue weighted by molar-refractivity contribution is 5.32. The third-order valence-corrected chi connectivity index (χ3v) is 4.05. The lowest BCUT2D eigenvalue weighted by Gasteiger charge is -2.25. The maximum atomic E-state index is 12.5. The lowest BCUT2D eigenvalue weighted by molar-refractivity contribution is -0.137. The Kier molecular flexibility index (Phi) is 5.08. The molecule has 0 amide bonds. The molecule has 1 aliphatic rings. The van der Waals surface area contributed by atoms with Crippen molar-refractivity contribution in [2.75, 3.05) is 6.54 Å². The zero-order valence-corrected chi connectivity index (χ0v) is 11.8. The van der Waals surface area contributed by atoms with E-state index in [2.05, 4.69) is 17.4 Å². The zero-order chi connectivity index (χ0) is 14.6. The van der Waals surface area contributed by atoms with Crippen LogP contribution >= 0.6 is 0 Å². The predicted octanol–water partition coefficient (Wildman–Crippen LogP) is 4.11. The fourth-order valence-corrected chi connectivity index (χ4v) is 3.03. The molecule has 0 bridgehead atoms. The van der Waals surface area contributed by atoms with Crippen molar-refractivity contribution < 1.29 is 13.2 Å². The molecule has 0 aliphatic heterocycles. The lowest BCUT2D eigenvalue weighted by Crippen LogP contribution is -2.38. The Morgan fingerprint density at radius 3 is 2.30 bits per heavy atom. The van der Waals surface area contributed by atoms with Crippen molar-refractivity contribution in [2.45, 2.75) is 51.2 Å². The van der Waals surface area contributed by atoms with E-state index in [-0.39, 0.29) is 12.5 Å². The van der Waals surface area contributed by atoms with Crippen molar-refractivity contribution in [1.82, 2.24) is 5.32 Å². The molecule has 0 spiro atoms. The predicted molar refractivity (Wildman–Crippen MR) is 74.7 cm³/mol. The molecule has 0 fully saturated rings. The summed E-state index contributed by atoms with van der Waals surface area (Å²) in [5.41, 5.74) is 2.60. The van der Waals surface area contributed by atoms with Gasteiger partial charge in [-0.25, -0.2) is 0 Å². The summed E-state index contributed by atoms with van der Waals surface area (Å²) in [4.78, 5) is 0. The molecule has 0 heterocycles. The van der Waals surface area contributed by atoms with Gasteiger partial charge in [0.15, 0.2) is 0 Å². The molecular formula is C16H22F3N. The smallest absolute Gasteiger partial charge is 0.314 e. The summed E-state index contributed by atoms with van der Waals surface area (Å²) in [6, 6.07) is 8.16. The topological polar surface area (TPSA) is 12.0 Å². The van der Waals surface area contributed by atoms with Crippen LogP contribution in [0.2, 0.25) is 0 Å². The van der Waals surface area contributed by atoms with Gasteiger partial charge >= 0.3 is 6.18 Å². The van der Waals surface area contributed by atoms with E-state index in [1.165, 1.54) is 11.1 Å². The van der Waals surface area contributed by atoms with Crippen LogP contribution in [0.4, 0.5) is 13.2 Å². The van der Waals surface area contributed by atoms with Gasteiger partial charge in [-0.1, -0.05) is 31.2 Å². The quantitative estimate of drug-likeness (QED) is 0.829. The molecule has 1 atom stereocenters. The molecule has 1 aromatic carbocycles. The molecule has 1 nitrogen and oxygen atoms in total. The highest BCUT2D eigenvalue weighted by atomic mass is 19.4. The molecule has 1 N–H and O–H groups in total. The average Bonchev–Trinajstić information content (AvgIpc) is 2.81. The van der Waals surface area contributed by atoms with Crippen LogP contribution in [0.15, 0.2) is 24.3 Å². The zero-order valence-electron chi connectivity index (χ0n) is 11.8. The highest BCUT2D eigenvalue weighted by Crippen LogP contribution is 2.32. The number of rotatable bonds is 6. The summed E-state index contributed by atoms with van der Waals surface area (Å²) in [7, 11) is 0. The molecule has 0 radical (unpaired) electrons. The van der Waals surface area contributed by atoms with E-state index in [1.54, 1.807) is 0 Å². The van der Waals surface area contributed by atoms with Gasteiger partial charge in [-0.05, 0) is 49.3 Å². The number of fused-ring (bicyclic) bond motifs is 1. The molecule has 20 heavy (non-hydrogen) atoms. The van der Waals surface area contributed by atoms with Crippen molar-refractivity contribution in [2.24, 2.45) is 5.92 Å². The summed E-state index contributed by atoms with van der Waals surface area (Å²) in [6.45, 7) is 2.83. The summed E-state index contributed by atoms with van der Waals surface area (Å²) in [6.07, 6.45) is -1.83. The van der Waals surface area contributed by atoms with Gasteiger partial charge in [0.05, 0.1) is 0 Å². The Morgan fingerprint density at radius 1 is 1.20 bits per heavy atom. The Morgan fingerprint density at radius 2 is 1.80 bits per heavy atom. The summed E-state index contributed by atoms with van der Waals surface area (Å²) in [5, 5.41) is 3.32. The van der Waals surface area contributed by atoms with E-state index in [4.69, 9.17) is 0 Å². The first-order chi connectivity index (χ1) is 9.49. The van der Waals surface area contributed by atoms with Crippen molar-refractivity contribution in [3.63, 3.8) is 0 Å². The lowest BCUT2D eigenvalue weighted by atomic mass is 9.92. The Labute approximate surface area is 118 Å². The van der Waals surface area contributed by atoms with Crippen LogP contribution in [-0.2, 0) is 12.8 Å². The van der Waals surface area contributed by atoms with Crippen molar-refractivity contribution in [1.29, 1.82) is 0 Å². The third-order valence-electron chi connectivity index (χ3n) is 4.05. The molecule has 0 saturated heterocycles. The summed E-state index contributed by atoms with van der Waals surface area (Å²) in [5.74, 6) is 0.293. The first-order valence-electron chi connectivity index (χ1n) is 7.36. The minimum atomic E-state index is -4.06. The van der Waals surface area contributed by atoms with Crippen LogP contribution in [-0.4, -0.2) is 18.8 Å². The maximum absolute atomic E-state index is 12.5. The molecule has 1 aromatic rings. The molecule has 0 aromatic heterocycles. The van der Waals surface area contributed by atoms with Gasteiger partial charge in [0.1, 0.15) is 0 Å². The van der Waals surface area contributed by atoms with Crippen molar-refractivity contribution in [3.8, 4) is 0 Å². The van der Waals surface area contributed by atoms with Crippen LogP contribution in [0, 0.1) is 5.92 Å². The molecule has 2 rings (SSSR count). The van der Waals surface area contributed by atoms with Gasteiger partial charge in [-0.3, -0.25) is 0 Å². The van der Waals surface area contributed by atoms with Crippen LogP contribution in [0.3, 0.4) is 0 Å². The second kappa shape index (κ2) is 6.61. The molecule has 112 valence electrons.